The third kappa shape index (κ3) is 2.95. The molecule has 6 heteroatoms. The molecule has 2 rings (SSSR count). The van der Waals surface area contributed by atoms with Gasteiger partial charge in [-0.15, -0.1) is 0 Å². The predicted octanol–water partition coefficient (Wildman–Crippen LogP) is 3.00. The number of hydrogen-bond donors (Lipinski definition) is 0. The van der Waals surface area contributed by atoms with Gasteiger partial charge in [0, 0.05) is 24.7 Å². The summed E-state index contributed by atoms with van der Waals surface area (Å²) in [6, 6.07) is 3.29. The van der Waals surface area contributed by atoms with Gasteiger partial charge in [0.25, 0.3) is 5.91 Å². The predicted molar refractivity (Wildman–Crippen MR) is 72.0 cm³/mol. The van der Waals surface area contributed by atoms with Gasteiger partial charge >= 0.3 is 5.69 Å². The molecular weight excluding hydrogens is 263 g/mol. The van der Waals surface area contributed by atoms with Crippen LogP contribution in [0.2, 0.25) is 0 Å². The molecule has 1 aromatic rings. The Balaban J connectivity index is 2.17. The van der Waals surface area contributed by atoms with Crippen molar-refractivity contribution in [3.63, 3.8) is 0 Å². The number of benzene rings is 1. The van der Waals surface area contributed by atoms with Gasteiger partial charge in [0.1, 0.15) is 0 Å². The standard InChI is InChI=1S/C14H17FN2O3/c1-2-16(9-10-4-3-5-10)14(18)11-6-7-12(15)13(8-11)17(19)20/h6-8,10H,2-5,9H2,1H3. The van der Waals surface area contributed by atoms with Crippen molar-refractivity contribution in [1.29, 1.82) is 0 Å². The van der Waals surface area contributed by atoms with Gasteiger partial charge in [0.05, 0.1) is 4.92 Å². The van der Waals surface area contributed by atoms with Gasteiger partial charge in [-0.2, -0.15) is 4.39 Å². The Labute approximate surface area is 116 Å². The van der Waals surface area contributed by atoms with Crippen molar-refractivity contribution in [2.45, 2.75) is 26.2 Å². The topological polar surface area (TPSA) is 63.5 Å². The molecule has 0 aliphatic heterocycles. The smallest absolute Gasteiger partial charge is 0.305 e. The molecule has 0 bridgehead atoms. The number of amides is 1. The summed E-state index contributed by atoms with van der Waals surface area (Å²) in [5.74, 6) is -0.676. The molecule has 5 nitrogen and oxygen atoms in total. The normalized spacial score (nSPS) is 14.7. The number of nitro benzene ring substituents is 1. The third-order valence-corrected chi connectivity index (χ3v) is 3.76. The fourth-order valence-corrected chi connectivity index (χ4v) is 2.31. The quantitative estimate of drug-likeness (QED) is 0.615. The van der Waals surface area contributed by atoms with Crippen LogP contribution in [-0.2, 0) is 0 Å². The average molecular weight is 280 g/mol. The van der Waals surface area contributed by atoms with Crippen molar-refractivity contribution < 1.29 is 14.1 Å². The lowest BCUT2D eigenvalue weighted by atomic mass is 9.85. The molecule has 0 heterocycles. The number of hydrogen-bond acceptors (Lipinski definition) is 3. The van der Waals surface area contributed by atoms with E-state index in [2.05, 4.69) is 0 Å². The highest BCUT2D eigenvalue weighted by molar-refractivity contribution is 5.94. The van der Waals surface area contributed by atoms with E-state index in [1.807, 2.05) is 6.92 Å². The second-order valence-electron chi connectivity index (χ2n) is 5.06. The van der Waals surface area contributed by atoms with Gasteiger partial charge in [-0.25, -0.2) is 0 Å². The number of nitro groups is 1. The highest BCUT2D eigenvalue weighted by Crippen LogP contribution is 2.28. The zero-order valence-corrected chi connectivity index (χ0v) is 11.3. The first kappa shape index (κ1) is 14.4. The molecule has 1 aliphatic carbocycles. The van der Waals surface area contributed by atoms with E-state index in [9.17, 15) is 19.3 Å². The van der Waals surface area contributed by atoms with Crippen LogP contribution < -0.4 is 0 Å². The van der Waals surface area contributed by atoms with E-state index in [1.54, 1.807) is 4.90 Å². The summed E-state index contributed by atoms with van der Waals surface area (Å²) in [6.07, 6.45) is 3.43. The Hall–Kier alpha value is -1.98. The van der Waals surface area contributed by atoms with Gasteiger partial charge in [0.15, 0.2) is 0 Å². The lowest BCUT2D eigenvalue weighted by molar-refractivity contribution is -0.387. The van der Waals surface area contributed by atoms with E-state index in [0.717, 1.165) is 25.0 Å². The van der Waals surface area contributed by atoms with Crippen molar-refractivity contribution in [2.24, 2.45) is 5.92 Å². The summed E-state index contributed by atoms with van der Waals surface area (Å²) in [7, 11) is 0. The third-order valence-electron chi connectivity index (χ3n) is 3.76. The molecule has 0 spiro atoms. The van der Waals surface area contributed by atoms with Crippen LogP contribution in [-0.4, -0.2) is 28.8 Å². The Bertz CT molecular complexity index is 529. The van der Waals surface area contributed by atoms with Gasteiger partial charge in [-0.1, -0.05) is 6.42 Å². The maximum atomic E-state index is 13.3. The number of nitrogens with zero attached hydrogens (tertiary/aromatic N) is 2. The first-order valence-electron chi connectivity index (χ1n) is 6.76. The second kappa shape index (κ2) is 5.98. The number of rotatable bonds is 5. The number of halogens is 1. The first-order chi connectivity index (χ1) is 9.52. The van der Waals surface area contributed by atoms with Crippen molar-refractivity contribution in [3.05, 3.63) is 39.7 Å². The summed E-state index contributed by atoms with van der Waals surface area (Å²) in [4.78, 5) is 23.9. The van der Waals surface area contributed by atoms with Gasteiger partial charge < -0.3 is 4.90 Å². The van der Waals surface area contributed by atoms with E-state index in [0.29, 0.717) is 19.0 Å². The zero-order chi connectivity index (χ0) is 14.7. The van der Waals surface area contributed by atoms with Crippen LogP contribution in [0.1, 0.15) is 36.5 Å². The summed E-state index contributed by atoms with van der Waals surface area (Å²) in [5.41, 5.74) is -0.491. The molecular formula is C14H17FN2O3. The molecule has 1 fully saturated rings. The summed E-state index contributed by atoms with van der Waals surface area (Å²) in [5, 5.41) is 10.7. The van der Waals surface area contributed by atoms with Crippen molar-refractivity contribution in [2.75, 3.05) is 13.1 Å². The number of carbonyl (C=O) groups excluding carboxylic acids is 1. The van der Waals surface area contributed by atoms with Crippen LogP contribution in [0.5, 0.6) is 0 Å². The van der Waals surface area contributed by atoms with E-state index < -0.39 is 16.4 Å². The maximum Gasteiger partial charge on any atom is 0.305 e. The molecule has 20 heavy (non-hydrogen) atoms. The van der Waals surface area contributed by atoms with E-state index >= 15 is 0 Å². The molecule has 0 unspecified atom stereocenters. The minimum atomic E-state index is -0.923. The van der Waals surface area contributed by atoms with Crippen LogP contribution in [0.25, 0.3) is 0 Å². The van der Waals surface area contributed by atoms with Gasteiger partial charge in [-0.05, 0) is 37.8 Å². The zero-order valence-electron chi connectivity index (χ0n) is 11.3. The molecule has 0 aromatic heterocycles. The molecule has 0 saturated heterocycles. The minimum Gasteiger partial charge on any atom is -0.339 e. The molecule has 1 saturated carbocycles. The van der Waals surface area contributed by atoms with Crippen LogP contribution >= 0.6 is 0 Å². The summed E-state index contributed by atoms with van der Waals surface area (Å²) >= 11 is 0. The molecule has 0 N–H and O–H groups in total. The molecule has 1 aliphatic rings. The fourth-order valence-electron chi connectivity index (χ4n) is 2.31. The maximum absolute atomic E-state index is 13.3. The lowest BCUT2D eigenvalue weighted by Gasteiger charge is -2.31. The van der Waals surface area contributed by atoms with E-state index in [4.69, 9.17) is 0 Å². The Morgan fingerprint density at radius 1 is 1.50 bits per heavy atom. The van der Waals surface area contributed by atoms with Crippen molar-refractivity contribution in [3.8, 4) is 0 Å². The average Bonchev–Trinajstić information content (AvgIpc) is 2.37. The Morgan fingerprint density at radius 3 is 2.70 bits per heavy atom. The van der Waals surface area contributed by atoms with Gasteiger partial charge in [0.2, 0.25) is 5.82 Å². The minimum absolute atomic E-state index is 0.166. The summed E-state index contributed by atoms with van der Waals surface area (Å²) in [6.45, 7) is 3.08. The first-order valence-corrected chi connectivity index (χ1v) is 6.76. The number of carbonyl (C=O) groups is 1. The fraction of sp³-hybridized carbons (Fsp3) is 0.500. The second-order valence-corrected chi connectivity index (χ2v) is 5.06. The molecule has 1 amide bonds. The molecule has 0 atom stereocenters. The Kier molecular flexibility index (Phi) is 4.32. The lowest BCUT2D eigenvalue weighted by Crippen LogP contribution is -2.37. The van der Waals surface area contributed by atoms with E-state index in [-0.39, 0.29) is 11.5 Å². The van der Waals surface area contributed by atoms with Crippen LogP contribution in [0.3, 0.4) is 0 Å². The highest BCUT2D eigenvalue weighted by atomic mass is 19.1. The van der Waals surface area contributed by atoms with Crippen LogP contribution in [0.15, 0.2) is 18.2 Å². The van der Waals surface area contributed by atoms with E-state index in [1.165, 1.54) is 12.5 Å². The molecule has 0 radical (unpaired) electrons. The van der Waals surface area contributed by atoms with Crippen LogP contribution in [0, 0.1) is 21.8 Å². The van der Waals surface area contributed by atoms with Crippen molar-refractivity contribution >= 4 is 11.6 Å². The Morgan fingerprint density at radius 2 is 2.20 bits per heavy atom. The SMILES string of the molecule is CCN(CC1CCC1)C(=O)c1ccc(F)c([N+](=O)[O-])c1. The van der Waals surface area contributed by atoms with Crippen LogP contribution in [0.4, 0.5) is 10.1 Å². The van der Waals surface area contributed by atoms with Crippen molar-refractivity contribution in [1.82, 2.24) is 4.90 Å². The monoisotopic (exact) mass is 280 g/mol. The van der Waals surface area contributed by atoms with Gasteiger partial charge in [-0.3, -0.25) is 14.9 Å². The summed E-state index contributed by atoms with van der Waals surface area (Å²) < 4.78 is 13.3. The molecule has 1 aromatic carbocycles. The largest absolute Gasteiger partial charge is 0.339 e. The highest BCUT2D eigenvalue weighted by Gasteiger charge is 2.25. The molecule has 108 valence electrons.